The van der Waals surface area contributed by atoms with E-state index < -0.39 is 5.91 Å². The van der Waals surface area contributed by atoms with Crippen molar-refractivity contribution in [2.24, 2.45) is 22.6 Å². The second-order valence-electron chi connectivity index (χ2n) is 6.43. The summed E-state index contributed by atoms with van der Waals surface area (Å²) in [6.45, 7) is 4.10. The molecule has 4 nitrogen and oxygen atoms in total. The van der Waals surface area contributed by atoms with Gasteiger partial charge in [-0.3, -0.25) is 10.2 Å². The first-order valence-corrected chi connectivity index (χ1v) is 7.49. The molecule has 0 radical (unpaired) electrons. The number of hydrogen-bond acceptors (Lipinski definition) is 2. The Morgan fingerprint density at radius 2 is 2.00 bits per heavy atom. The molecule has 1 amide bonds. The number of nitrogens with two attached hydrogens (primary N) is 1. The van der Waals surface area contributed by atoms with Crippen LogP contribution >= 0.6 is 0 Å². The van der Waals surface area contributed by atoms with Crippen molar-refractivity contribution in [2.75, 3.05) is 0 Å². The van der Waals surface area contributed by atoms with Crippen molar-refractivity contribution in [1.29, 1.82) is 5.41 Å². The molecule has 2 aliphatic carbocycles. The minimum atomic E-state index is -0.457. The highest BCUT2D eigenvalue weighted by Crippen LogP contribution is 2.49. The first-order valence-electron chi connectivity index (χ1n) is 7.49. The van der Waals surface area contributed by atoms with Crippen LogP contribution in [-0.2, 0) is 10.2 Å². The van der Waals surface area contributed by atoms with Gasteiger partial charge in [-0.15, -0.1) is 0 Å². The Balaban J connectivity index is 1.83. The van der Waals surface area contributed by atoms with Gasteiger partial charge in [-0.2, -0.15) is 4.99 Å². The molecule has 2 unspecified atom stereocenters. The Labute approximate surface area is 125 Å². The standard InChI is InChI=1S/C17H21N3O/c1-10-5-3-4-6-13(10)17(7-8-17)16(19)20-15(21)14(18)12-9-11(12)2/h3-6,11-12,18H,7-9H2,1-2H3,(H2,19,20,21). The summed E-state index contributed by atoms with van der Waals surface area (Å²) in [7, 11) is 0. The Kier molecular flexibility index (Phi) is 3.19. The lowest BCUT2D eigenvalue weighted by Gasteiger charge is -2.17. The van der Waals surface area contributed by atoms with Crippen LogP contribution in [0.15, 0.2) is 29.3 Å². The number of hydrogen-bond donors (Lipinski definition) is 2. The van der Waals surface area contributed by atoms with Gasteiger partial charge in [0.2, 0.25) is 0 Å². The van der Waals surface area contributed by atoms with Gasteiger partial charge in [0.05, 0.1) is 5.41 Å². The van der Waals surface area contributed by atoms with Crippen LogP contribution in [0.4, 0.5) is 0 Å². The largest absolute Gasteiger partial charge is 0.386 e. The lowest BCUT2D eigenvalue weighted by atomic mass is 9.91. The normalized spacial score (nSPS) is 26.3. The van der Waals surface area contributed by atoms with E-state index in [0.717, 1.165) is 24.8 Å². The number of amidine groups is 1. The first-order chi connectivity index (χ1) is 9.95. The monoisotopic (exact) mass is 283 g/mol. The van der Waals surface area contributed by atoms with Crippen molar-refractivity contribution < 1.29 is 4.79 Å². The molecule has 4 heteroatoms. The third kappa shape index (κ3) is 2.39. The van der Waals surface area contributed by atoms with Crippen LogP contribution in [-0.4, -0.2) is 17.5 Å². The molecule has 0 bridgehead atoms. The summed E-state index contributed by atoms with van der Waals surface area (Å²) in [6.07, 6.45) is 2.77. The van der Waals surface area contributed by atoms with Gasteiger partial charge in [-0.1, -0.05) is 31.2 Å². The minimum absolute atomic E-state index is 0.0858. The first kappa shape index (κ1) is 14.0. The predicted molar refractivity (Wildman–Crippen MR) is 83.7 cm³/mol. The van der Waals surface area contributed by atoms with Gasteiger partial charge in [0.15, 0.2) is 0 Å². The van der Waals surface area contributed by atoms with E-state index in [2.05, 4.69) is 31.0 Å². The molecule has 0 aromatic heterocycles. The number of nitrogens with zero attached hydrogens (tertiary/aromatic N) is 1. The summed E-state index contributed by atoms with van der Waals surface area (Å²) in [5.74, 6) is 0.438. The number of benzene rings is 1. The number of amides is 1. The highest BCUT2D eigenvalue weighted by Gasteiger charge is 2.49. The molecule has 1 aromatic rings. The van der Waals surface area contributed by atoms with E-state index in [-0.39, 0.29) is 17.0 Å². The van der Waals surface area contributed by atoms with Gasteiger partial charge in [-0.25, -0.2) is 0 Å². The molecule has 2 fully saturated rings. The maximum atomic E-state index is 12.1. The van der Waals surface area contributed by atoms with Gasteiger partial charge in [-0.05, 0) is 43.2 Å². The van der Waals surface area contributed by atoms with Gasteiger partial charge in [0, 0.05) is 5.92 Å². The van der Waals surface area contributed by atoms with Gasteiger partial charge >= 0.3 is 0 Å². The van der Waals surface area contributed by atoms with Crippen LogP contribution in [0.3, 0.4) is 0 Å². The Morgan fingerprint density at radius 3 is 2.52 bits per heavy atom. The number of nitrogens with one attached hydrogen (secondary N) is 1. The maximum absolute atomic E-state index is 12.1. The van der Waals surface area contributed by atoms with Crippen molar-refractivity contribution in [3.63, 3.8) is 0 Å². The molecule has 0 spiro atoms. The molecule has 3 N–H and O–H groups in total. The Bertz CT molecular complexity index is 643. The zero-order valence-electron chi connectivity index (χ0n) is 12.5. The third-order valence-corrected chi connectivity index (χ3v) is 4.83. The smallest absolute Gasteiger partial charge is 0.292 e. The van der Waals surface area contributed by atoms with Crippen molar-refractivity contribution in [3.05, 3.63) is 35.4 Å². The maximum Gasteiger partial charge on any atom is 0.292 e. The second kappa shape index (κ2) is 4.79. The Morgan fingerprint density at radius 1 is 1.38 bits per heavy atom. The fourth-order valence-corrected chi connectivity index (χ4v) is 3.06. The molecule has 21 heavy (non-hydrogen) atoms. The van der Waals surface area contributed by atoms with Crippen molar-refractivity contribution in [3.8, 4) is 0 Å². The summed E-state index contributed by atoms with van der Waals surface area (Å²) in [6, 6.07) is 8.10. The van der Waals surface area contributed by atoms with E-state index in [1.165, 1.54) is 5.56 Å². The van der Waals surface area contributed by atoms with E-state index >= 15 is 0 Å². The van der Waals surface area contributed by atoms with E-state index in [0.29, 0.717) is 11.8 Å². The topological polar surface area (TPSA) is 79.3 Å². The van der Waals surface area contributed by atoms with Crippen LogP contribution in [0.1, 0.15) is 37.3 Å². The molecular formula is C17H21N3O. The number of carbonyl (C=O) groups excluding carboxylic acids is 1. The van der Waals surface area contributed by atoms with Crippen LogP contribution in [0, 0.1) is 24.2 Å². The Hall–Kier alpha value is -1.97. The lowest BCUT2D eigenvalue weighted by molar-refractivity contribution is -0.112. The fourth-order valence-electron chi connectivity index (χ4n) is 3.06. The number of aryl methyl sites for hydroxylation is 1. The molecule has 2 saturated carbocycles. The van der Waals surface area contributed by atoms with Gasteiger partial charge in [0.1, 0.15) is 11.5 Å². The van der Waals surface area contributed by atoms with Gasteiger partial charge in [0.25, 0.3) is 5.91 Å². The molecule has 2 aliphatic rings. The fraction of sp³-hybridized carbons (Fsp3) is 0.471. The predicted octanol–water partition coefficient (Wildman–Crippen LogP) is 2.59. The van der Waals surface area contributed by atoms with Crippen LogP contribution in [0.25, 0.3) is 0 Å². The molecular weight excluding hydrogens is 262 g/mol. The van der Waals surface area contributed by atoms with E-state index in [1.54, 1.807) is 0 Å². The SMILES string of the molecule is Cc1ccccc1C1(C(N)=NC(=O)C(=N)C2CC2C)CC1. The number of rotatable bonds is 4. The number of aliphatic imine (C=N–C) groups is 1. The van der Waals surface area contributed by atoms with E-state index in [1.807, 2.05) is 12.1 Å². The zero-order valence-corrected chi connectivity index (χ0v) is 12.5. The molecule has 2 atom stereocenters. The van der Waals surface area contributed by atoms with Crippen LogP contribution in [0.5, 0.6) is 0 Å². The molecule has 3 rings (SSSR count). The summed E-state index contributed by atoms with van der Waals surface area (Å²) in [5, 5.41) is 7.90. The minimum Gasteiger partial charge on any atom is -0.386 e. The molecule has 110 valence electrons. The highest BCUT2D eigenvalue weighted by atomic mass is 16.1. The van der Waals surface area contributed by atoms with Crippen LogP contribution in [0.2, 0.25) is 0 Å². The quantitative estimate of drug-likeness (QED) is 0.658. The van der Waals surface area contributed by atoms with Crippen LogP contribution < -0.4 is 5.73 Å². The average Bonchev–Trinajstić information content (AvgIpc) is 3.35. The van der Waals surface area contributed by atoms with E-state index in [9.17, 15) is 4.79 Å². The average molecular weight is 283 g/mol. The summed E-state index contributed by atoms with van der Waals surface area (Å²) in [5.41, 5.74) is 8.31. The molecule has 1 aromatic carbocycles. The highest BCUT2D eigenvalue weighted by molar-refractivity contribution is 6.41. The summed E-state index contributed by atoms with van der Waals surface area (Å²) in [4.78, 5) is 16.1. The van der Waals surface area contributed by atoms with Crippen molar-refractivity contribution in [1.82, 2.24) is 0 Å². The lowest BCUT2D eigenvalue weighted by Crippen LogP contribution is -2.32. The van der Waals surface area contributed by atoms with Gasteiger partial charge < -0.3 is 5.73 Å². The summed E-state index contributed by atoms with van der Waals surface area (Å²) < 4.78 is 0. The van der Waals surface area contributed by atoms with E-state index in [4.69, 9.17) is 11.1 Å². The third-order valence-electron chi connectivity index (χ3n) is 4.83. The van der Waals surface area contributed by atoms with Crippen molar-refractivity contribution >= 4 is 17.5 Å². The molecule has 0 aliphatic heterocycles. The van der Waals surface area contributed by atoms with Crippen molar-refractivity contribution in [2.45, 2.75) is 38.5 Å². The molecule has 0 saturated heterocycles. The second-order valence-corrected chi connectivity index (χ2v) is 6.43. The summed E-state index contributed by atoms with van der Waals surface area (Å²) >= 11 is 0. The number of carbonyl (C=O) groups is 1. The zero-order chi connectivity index (χ0) is 15.2. The molecule has 0 heterocycles.